The Morgan fingerprint density at radius 3 is 2.70 bits per heavy atom. The molecular formula is C16H19N3O4. The summed E-state index contributed by atoms with van der Waals surface area (Å²) in [6.07, 6.45) is 2.92. The third-order valence-corrected chi connectivity index (χ3v) is 3.28. The number of furan rings is 1. The van der Waals surface area contributed by atoms with Crippen molar-refractivity contribution in [3.8, 4) is 5.75 Å². The maximum absolute atomic E-state index is 12.3. The van der Waals surface area contributed by atoms with Crippen molar-refractivity contribution >= 4 is 11.8 Å². The first-order valence-corrected chi connectivity index (χ1v) is 7.24. The molecule has 0 bridgehead atoms. The Bertz CT molecular complexity index is 668. The Morgan fingerprint density at radius 1 is 1.30 bits per heavy atom. The molecule has 0 aromatic carbocycles. The standard InChI is InChI=1S/C16H19N3O4/c1-10(2)14(19-15(21)13-6-4-8-23-13)16(22)18-9-11-12(20)5-3-7-17-11/h3-8,10,14,20H,9H2,1-2H3,(H,18,22)(H,19,21). The van der Waals surface area contributed by atoms with E-state index in [2.05, 4.69) is 15.6 Å². The summed E-state index contributed by atoms with van der Waals surface area (Å²) in [5.41, 5.74) is 0.362. The van der Waals surface area contributed by atoms with Crippen LogP contribution in [0.1, 0.15) is 30.1 Å². The number of carbonyl (C=O) groups excluding carboxylic acids is 2. The minimum atomic E-state index is -0.724. The predicted octanol–water partition coefficient (Wildman–Crippen LogP) is 1.45. The molecule has 0 aliphatic carbocycles. The summed E-state index contributed by atoms with van der Waals surface area (Å²) >= 11 is 0. The van der Waals surface area contributed by atoms with Gasteiger partial charge in [0.15, 0.2) is 5.76 Å². The van der Waals surface area contributed by atoms with Gasteiger partial charge >= 0.3 is 0 Å². The van der Waals surface area contributed by atoms with Crippen molar-refractivity contribution in [1.29, 1.82) is 0 Å². The maximum Gasteiger partial charge on any atom is 0.287 e. The maximum atomic E-state index is 12.3. The monoisotopic (exact) mass is 317 g/mol. The van der Waals surface area contributed by atoms with E-state index >= 15 is 0 Å². The third kappa shape index (κ3) is 4.32. The first-order chi connectivity index (χ1) is 11.0. The smallest absolute Gasteiger partial charge is 0.287 e. The van der Waals surface area contributed by atoms with E-state index in [-0.39, 0.29) is 29.9 Å². The van der Waals surface area contributed by atoms with Crippen LogP contribution in [-0.2, 0) is 11.3 Å². The molecule has 0 fully saturated rings. The first-order valence-electron chi connectivity index (χ1n) is 7.24. The van der Waals surface area contributed by atoms with Crippen molar-refractivity contribution in [1.82, 2.24) is 15.6 Å². The lowest BCUT2D eigenvalue weighted by atomic mass is 10.0. The Kier molecular flexibility index (Phi) is 5.35. The summed E-state index contributed by atoms with van der Waals surface area (Å²) in [5, 5.41) is 15.0. The second-order valence-electron chi connectivity index (χ2n) is 5.36. The van der Waals surface area contributed by atoms with Crippen LogP contribution in [0.25, 0.3) is 0 Å². The minimum Gasteiger partial charge on any atom is -0.506 e. The largest absolute Gasteiger partial charge is 0.506 e. The van der Waals surface area contributed by atoms with Gasteiger partial charge < -0.3 is 20.2 Å². The van der Waals surface area contributed by atoms with Gasteiger partial charge in [0.1, 0.15) is 17.5 Å². The number of nitrogens with zero attached hydrogens (tertiary/aromatic N) is 1. The molecule has 3 N–H and O–H groups in total. The van der Waals surface area contributed by atoms with Crippen LogP contribution in [0.2, 0.25) is 0 Å². The number of rotatable bonds is 6. The topological polar surface area (TPSA) is 104 Å². The molecule has 0 saturated heterocycles. The van der Waals surface area contributed by atoms with Crippen LogP contribution < -0.4 is 10.6 Å². The molecule has 1 atom stereocenters. The average Bonchev–Trinajstić information content (AvgIpc) is 3.05. The zero-order valence-electron chi connectivity index (χ0n) is 12.9. The number of hydrogen-bond donors (Lipinski definition) is 3. The van der Waals surface area contributed by atoms with E-state index in [1.807, 2.05) is 13.8 Å². The lowest BCUT2D eigenvalue weighted by Crippen LogP contribution is -2.49. The van der Waals surface area contributed by atoms with Crippen LogP contribution in [-0.4, -0.2) is 27.9 Å². The molecule has 0 saturated carbocycles. The van der Waals surface area contributed by atoms with Gasteiger partial charge in [0.2, 0.25) is 5.91 Å². The van der Waals surface area contributed by atoms with Crippen LogP contribution in [0.15, 0.2) is 41.1 Å². The number of nitrogens with one attached hydrogen (secondary N) is 2. The van der Waals surface area contributed by atoms with Gasteiger partial charge in [-0.2, -0.15) is 0 Å². The zero-order chi connectivity index (χ0) is 16.8. The highest BCUT2D eigenvalue weighted by Crippen LogP contribution is 2.12. The fourth-order valence-electron chi connectivity index (χ4n) is 2.00. The van der Waals surface area contributed by atoms with Crippen LogP contribution in [0.3, 0.4) is 0 Å². The Morgan fingerprint density at radius 2 is 2.09 bits per heavy atom. The van der Waals surface area contributed by atoms with Crippen molar-refractivity contribution in [2.45, 2.75) is 26.4 Å². The second kappa shape index (κ2) is 7.44. The SMILES string of the molecule is CC(C)C(NC(=O)c1ccco1)C(=O)NCc1ncccc1O. The molecule has 0 radical (unpaired) electrons. The molecule has 0 aliphatic heterocycles. The molecule has 2 rings (SSSR count). The van der Waals surface area contributed by atoms with Gasteiger partial charge in [0, 0.05) is 6.20 Å². The van der Waals surface area contributed by atoms with Crippen molar-refractivity contribution < 1.29 is 19.1 Å². The first kappa shape index (κ1) is 16.5. The lowest BCUT2D eigenvalue weighted by molar-refractivity contribution is -0.124. The molecule has 0 aliphatic rings. The highest BCUT2D eigenvalue weighted by Gasteiger charge is 2.25. The number of carbonyl (C=O) groups is 2. The molecule has 2 aromatic rings. The quantitative estimate of drug-likeness (QED) is 0.748. The molecular weight excluding hydrogens is 298 g/mol. The molecule has 7 nitrogen and oxygen atoms in total. The third-order valence-electron chi connectivity index (χ3n) is 3.28. The summed E-state index contributed by atoms with van der Waals surface area (Å²) in [6.45, 7) is 3.72. The average molecular weight is 317 g/mol. The van der Waals surface area contributed by atoms with E-state index in [9.17, 15) is 14.7 Å². The number of aromatic hydroxyl groups is 1. The molecule has 7 heteroatoms. The van der Waals surface area contributed by atoms with Crippen LogP contribution in [0, 0.1) is 5.92 Å². The van der Waals surface area contributed by atoms with E-state index in [1.165, 1.54) is 24.6 Å². The van der Waals surface area contributed by atoms with Crippen molar-refractivity contribution in [2.75, 3.05) is 0 Å². The van der Waals surface area contributed by atoms with Gasteiger partial charge in [-0.25, -0.2) is 0 Å². The molecule has 1 unspecified atom stereocenters. The number of aromatic nitrogens is 1. The molecule has 2 heterocycles. The Hall–Kier alpha value is -2.83. The van der Waals surface area contributed by atoms with E-state index in [0.29, 0.717) is 5.69 Å². The highest BCUT2D eigenvalue weighted by atomic mass is 16.3. The van der Waals surface area contributed by atoms with Crippen LogP contribution in [0.4, 0.5) is 0 Å². The van der Waals surface area contributed by atoms with Gasteiger partial charge in [-0.3, -0.25) is 14.6 Å². The summed E-state index contributed by atoms with van der Waals surface area (Å²) in [5.74, 6) is -0.778. The van der Waals surface area contributed by atoms with Gasteiger partial charge in [0.05, 0.1) is 12.8 Å². The number of hydrogen-bond acceptors (Lipinski definition) is 5. The normalized spacial score (nSPS) is 12.0. The number of amides is 2. The molecule has 2 amide bonds. The van der Waals surface area contributed by atoms with E-state index in [0.717, 1.165) is 0 Å². The second-order valence-corrected chi connectivity index (χ2v) is 5.36. The highest BCUT2D eigenvalue weighted by molar-refractivity contribution is 5.95. The summed E-state index contributed by atoms with van der Waals surface area (Å²) in [6, 6.07) is 5.49. The fraction of sp³-hybridized carbons (Fsp3) is 0.312. The van der Waals surface area contributed by atoms with Gasteiger partial charge in [-0.1, -0.05) is 13.8 Å². The molecule has 122 valence electrons. The van der Waals surface area contributed by atoms with Gasteiger partial charge in [-0.15, -0.1) is 0 Å². The Balaban J connectivity index is 1.98. The van der Waals surface area contributed by atoms with Crippen molar-refractivity contribution in [2.24, 2.45) is 5.92 Å². The van der Waals surface area contributed by atoms with Crippen molar-refractivity contribution in [3.63, 3.8) is 0 Å². The Labute approximate surface area is 133 Å². The predicted molar refractivity (Wildman–Crippen MR) is 82.5 cm³/mol. The summed E-state index contributed by atoms with van der Waals surface area (Å²) in [7, 11) is 0. The lowest BCUT2D eigenvalue weighted by Gasteiger charge is -2.21. The zero-order valence-corrected chi connectivity index (χ0v) is 12.9. The van der Waals surface area contributed by atoms with Crippen LogP contribution in [0.5, 0.6) is 5.75 Å². The van der Waals surface area contributed by atoms with Gasteiger partial charge in [0.25, 0.3) is 5.91 Å². The van der Waals surface area contributed by atoms with E-state index in [1.54, 1.807) is 12.1 Å². The number of pyridine rings is 1. The molecule has 23 heavy (non-hydrogen) atoms. The van der Waals surface area contributed by atoms with E-state index in [4.69, 9.17) is 4.42 Å². The summed E-state index contributed by atoms with van der Waals surface area (Å²) in [4.78, 5) is 28.3. The fourth-order valence-corrected chi connectivity index (χ4v) is 2.00. The van der Waals surface area contributed by atoms with E-state index < -0.39 is 11.9 Å². The molecule has 0 spiro atoms. The summed E-state index contributed by atoms with van der Waals surface area (Å²) < 4.78 is 5.01. The van der Waals surface area contributed by atoms with Gasteiger partial charge in [-0.05, 0) is 30.2 Å². The minimum absolute atomic E-state index is 0.00789. The van der Waals surface area contributed by atoms with Crippen LogP contribution >= 0.6 is 0 Å². The van der Waals surface area contributed by atoms with Crippen molar-refractivity contribution in [3.05, 3.63) is 48.2 Å². The molecule has 2 aromatic heterocycles.